The molecule has 8 nitrogen and oxygen atoms in total. The Kier molecular flexibility index (Phi) is 4.72. The van der Waals surface area contributed by atoms with Crippen molar-refractivity contribution in [2.75, 3.05) is 24.5 Å². The highest BCUT2D eigenvalue weighted by Gasteiger charge is 2.30. The molecule has 4 rings (SSSR count). The van der Waals surface area contributed by atoms with Gasteiger partial charge in [-0.1, -0.05) is 26.8 Å². The van der Waals surface area contributed by atoms with Crippen LogP contribution >= 0.6 is 0 Å². The van der Waals surface area contributed by atoms with Gasteiger partial charge in [-0.25, -0.2) is 4.98 Å². The van der Waals surface area contributed by atoms with E-state index in [2.05, 4.69) is 56.4 Å². The molecule has 1 saturated heterocycles. The molecule has 1 aromatic carbocycles. The topological polar surface area (TPSA) is 103 Å². The first-order valence-electron chi connectivity index (χ1n) is 9.42. The van der Waals surface area contributed by atoms with Crippen LogP contribution in [-0.4, -0.2) is 56.2 Å². The number of phenols is 1. The van der Waals surface area contributed by atoms with Gasteiger partial charge in [0, 0.05) is 43.0 Å². The van der Waals surface area contributed by atoms with E-state index in [1.165, 1.54) is 0 Å². The normalized spacial score (nSPS) is 17.7. The molecule has 146 valence electrons. The maximum atomic E-state index is 10.4. The molecule has 3 aromatic rings. The number of piperazine rings is 1. The van der Waals surface area contributed by atoms with Crippen molar-refractivity contribution in [3.8, 4) is 28.1 Å². The third kappa shape index (κ3) is 3.68. The SMILES string of the molecule is CC(C)(C)C1CN(c2ncc(-c3ccc(-c4cn[nH]c4)cc3O)nn2)CCN1. The number of aromatic amines is 1. The smallest absolute Gasteiger partial charge is 0.245 e. The lowest BCUT2D eigenvalue weighted by Crippen LogP contribution is -2.56. The van der Waals surface area contributed by atoms with Crippen LogP contribution in [0.15, 0.2) is 36.8 Å². The van der Waals surface area contributed by atoms with Gasteiger partial charge in [-0.15, -0.1) is 10.2 Å². The number of aromatic nitrogens is 5. The lowest BCUT2D eigenvalue weighted by atomic mass is 9.85. The molecule has 0 aliphatic carbocycles. The monoisotopic (exact) mass is 379 g/mol. The molecule has 1 unspecified atom stereocenters. The average molecular weight is 379 g/mol. The van der Waals surface area contributed by atoms with Gasteiger partial charge < -0.3 is 15.3 Å². The van der Waals surface area contributed by atoms with Gasteiger partial charge >= 0.3 is 0 Å². The van der Waals surface area contributed by atoms with Crippen molar-refractivity contribution in [2.24, 2.45) is 5.41 Å². The maximum Gasteiger partial charge on any atom is 0.245 e. The largest absolute Gasteiger partial charge is 0.507 e. The Labute approximate surface area is 164 Å². The van der Waals surface area contributed by atoms with E-state index in [0.717, 1.165) is 30.8 Å². The number of hydrogen-bond donors (Lipinski definition) is 3. The summed E-state index contributed by atoms with van der Waals surface area (Å²) in [4.78, 5) is 6.66. The molecule has 1 atom stereocenters. The number of aromatic hydroxyl groups is 1. The third-order valence-electron chi connectivity index (χ3n) is 5.16. The van der Waals surface area contributed by atoms with Gasteiger partial charge in [-0.2, -0.15) is 5.10 Å². The molecule has 0 spiro atoms. The number of anilines is 1. The lowest BCUT2D eigenvalue weighted by molar-refractivity contribution is 0.252. The van der Waals surface area contributed by atoms with Crippen molar-refractivity contribution in [3.05, 3.63) is 36.8 Å². The Hall–Kier alpha value is -3.00. The van der Waals surface area contributed by atoms with Crippen LogP contribution in [0.3, 0.4) is 0 Å². The van der Waals surface area contributed by atoms with Crippen LogP contribution in [0, 0.1) is 5.41 Å². The minimum absolute atomic E-state index is 0.137. The summed E-state index contributed by atoms with van der Waals surface area (Å²) >= 11 is 0. The highest BCUT2D eigenvalue weighted by molar-refractivity contribution is 5.73. The highest BCUT2D eigenvalue weighted by Crippen LogP contribution is 2.32. The van der Waals surface area contributed by atoms with Crippen molar-refractivity contribution < 1.29 is 5.11 Å². The summed E-state index contributed by atoms with van der Waals surface area (Å²) in [6, 6.07) is 5.80. The maximum absolute atomic E-state index is 10.4. The second kappa shape index (κ2) is 7.20. The predicted octanol–water partition coefficient (Wildman–Crippen LogP) is 2.46. The molecule has 1 aliphatic rings. The van der Waals surface area contributed by atoms with Crippen molar-refractivity contribution in [1.29, 1.82) is 0 Å². The Morgan fingerprint density at radius 3 is 2.64 bits per heavy atom. The van der Waals surface area contributed by atoms with Gasteiger partial charge in [0.25, 0.3) is 0 Å². The average Bonchev–Trinajstić information content (AvgIpc) is 3.22. The molecule has 1 fully saturated rings. The second-order valence-electron chi connectivity index (χ2n) is 8.18. The number of hydrogen-bond acceptors (Lipinski definition) is 7. The van der Waals surface area contributed by atoms with Gasteiger partial charge in [-0.3, -0.25) is 5.10 Å². The van der Waals surface area contributed by atoms with E-state index in [1.807, 2.05) is 12.1 Å². The summed E-state index contributed by atoms with van der Waals surface area (Å²) in [5.74, 6) is 0.756. The molecule has 28 heavy (non-hydrogen) atoms. The van der Waals surface area contributed by atoms with Crippen molar-refractivity contribution in [3.63, 3.8) is 0 Å². The van der Waals surface area contributed by atoms with Crippen LogP contribution in [0.5, 0.6) is 5.75 Å². The van der Waals surface area contributed by atoms with Gasteiger partial charge in [0.2, 0.25) is 5.95 Å². The molecular formula is C20H25N7O. The third-order valence-corrected chi connectivity index (χ3v) is 5.16. The predicted molar refractivity (Wildman–Crippen MR) is 108 cm³/mol. The number of nitrogens with zero attached hydrogens (tertiary/aromatic N) is 5. The molecular weight excluding hydrogens is 354 g/mol. The first-order chi connectivity index (χ1) is 13.4. The minimum Gasteiger partial charge on any atom is -0.507 e. The molecule has 1 aliphatic heterocycles. The second-order valence-corrected chi connectivity index (χ2v) is 8.18. The Bertz CT molecular complexity index is 932. The van der Waals surface area contributed by atoms with Crippen molar-refractivity contribution in [1.82, 2.24) is 30.7 Å². The van der Waals surface area contributed by atoms with Gasteiger partial charge in [0.1, 0.15) is 11.4 Å². The first-order valence-corrected chi connectivity index (χ1v) is 9.42. The fourth-order valence-electron chi connectivity index (χ4n) is 3.39. The van der Waals surface area contributed by atoms with Gasteiger partial charge in [0.15, 0.2) is 0 Å². The number of H-pyrrole nitrogens is 1. The fourth-order valence-corrected chi connectivity index (χ4v) is 3.39. The number of rotatable bonds is 3. The zero-order chi connectivity index (χ0) is 19.7. The highest BCUT2D eigenvalue weighted by atomic mass is 16.3. The van der Waals surface area contributed by atoms with Crippen LogP contribution in [0.4, 0.5) is 5.95 Å². The standard InChI is InChI=1S/C20H25N7O/c1-20(2,3)18-12-27(7-6-21-18)19-22-11-16(25-26-19)15-5-4-13(8-17(15)28)14-9-23-24-10-14/h4-5,8-11,18,21,28H,6-7,12H2,1-3H3,(H,23,24). The van der Waals surface area contributed by atoms with Crippen molar-refractivity contribution >= 4 is 5.95 Å². The Balaban J connectivity index is 1.53. The molecule has 0 bridgehead atoms. The van der Waals surface area contributed by atoms with E-state index < -0.39 is 0 Å². The Morgan fingerprint density at radius 1 is 1.14 bits per heavy atom. The van der Waals surface area contributed by atoms with E-state index in [4.69, 9.17) is 0 Å². The summed E-state index contributed by atoms with van der Waals surface area (Å²) in [7, 11) is 0. The molecule has 2 aromatic heterocycles. The van der Waals surface area contributed by atoms with Crippen molar-refractivity contribution in [2.45, 2.75) is 26.8 Å². The fraction of sp³-hybridized carbons (Fsp3) is 0.400. The zero-order valence-electron chi connectivity index (χ0n) is 16.3. The van der Waals surface area contributed by atoms with Gasteiger partial charge in [-0.05, 0) is 23.1 Å². The summed E-state index contributed by atoms with van der Waals surface area (Å²) in [5.41, 5.74) is 3.10. The van der Waals surface area contributed by atoms with E-state index in [0.29, 0.717) is 23.2 Å². The Morgan fingerprint density at radius 2 is 2.00 bits per heavy atom. The number of nitrogens with one attached hydrogen (secondary N) is 2. The minimum atomic E-state index is 0.137. The summed E-state index contributed by atoms with van der Waals surface area (Å²) < 4.78 is 0. The summed E-state index contributed by atoms with van der Waals surface area (Å²) in [6.45, 7) is 9.27. The van der Waals surface area contributed by atoms with E-state index in [9.17, 15) is 5.11 Å². The van der Waals surface area contributed by atoms with Crippen LogP contribution in [0.1, 0.15) is 20.8 Å². The van der Waals surface area contributed by atoms with Crippen LogP contribution in [0.2, 0.25) is 0 Å². The molecule has 0 amide bonds. The van der Waals surface area contributed by atoms with E-state index >= 15 is 0 Å². The summed E-state index contributed by atoms with van der Waals surface area (Å²) in [6.07, 6.45) is 5.16. The summed E-state index contributed by atoms with van der Waals surface area (Å²) in [5, 5.41) is 29.3. The molecule has 0 saturated carbocycles. The molecule has 8 heteroatoms. The lowest BCUT2D eigenvalue weighted by Gasteiger charge is -2.40. The molecule has 3 heterocycles. The van der Waals surface area contributed by atoms with Gasteiger partial charge in [0.05, 0.1) is 12.4 Å². The zero-order valence-corrected chi connectivity index (χ0v) is 16.3. The van der Waals surface area contributed by atoms with Crippen LogP contribution < -0.4 is 10.2 Å². The van der Waals surface area contributed by atoms with E-state index in [1.54, 1.807) is 24.7 Å². The van der Waals surface area contributed by atoms with E-state index in [-0.39, 0.29) is 11.2 Å². The first kappa shape index (κ1) is 18.4. The molecule has 3 N–H and O–H groups in total. The number of benzene rings is 1. The number of phenolic OH excluding ortho intramolecular Hbond substituents is 1. The van der Waals surface area contributed by atoms with Crippen LogP contribution in [0.25, 0.3) is 22.4 Å². The quantitative estimate of drug-likeness (QED) is 0.642. The molecule has 0 radical (unpaired) electrons. The van der Waals surface area contributed by atoms with Crippen LogP contribution in [-0.2, 0) is 0 Å².